The number of hydrogen-bond donors (Lipinski definition) is 1. The molecule has 1 N–H and O–H groups in total. The normalized spacial score (nSPS) is 12.7. The third-order valence-corrected chi connectivity index (χ3v) is 3.13. The van der Waals surface area contributed by atoms with E-state index in [0.717, 1.165) is 5.56 Å². The van der Waals surface area contributed by atoms with E-state index in [2.05, 4.69) is 37.4 Å². The van der Waals surface area contributed by atoms with Crippen LogP contribution in [0, 0.1) is 13.8 Å². The first-order chi connectivity index (χ1) is 8.11. The molecule has 0 radical (unpaired) electrons. The highest BCUT2D eigenvalue weighted by Gasteiger charge is 2.17. The van der Waals surface area contributed by atoms with Crippen LogP contribution in [0.5, 0.6) is 0 Å². The molecule has 2 aromatic rings. The van der Waals surface area contributed by atoms with Crippen LogP contribution in [0.4, 0.5) is 0 Å². The van der Waals surface area contributed by atoms with Crippen molar-refractivity contribution in [3.63, 3.8) is 0 Å². The lowest BCUT2D eigenvalue weighted by molar-refractivity contribution is 0.559. The molecule has 1 aromatic heterocycles. The van der Waals surface area contributed by atoms with Crippen molar-refractivity contribution >= 4 is 11.6 Å². The van der Waals surface area contributed by atoms with Crippen molar-refractivity contribution in [3.8, 4) is 0 Å². The monoisotopic (exact) mass is 249 g/mol. The molecule has 0 aliphatic carbocycles. The van der Waals surface area contributed by atoms with Crippen LogP contribution in [0.15, 0.2) is 34.9 Å². The van der Waals surface area contributed by atoms with Gasteiger partial charge in [0.2, 0.25) is 0 Å². The van der Waals surface area contributed by atoms with Gasteiger partial charge in [0.1, 0.15) is 0 Å². The van der Waals surface area contributed by atoms with Crippen molar-refractivity contribution < 1.29 is 4.42 Å². The Balaban J connectivity index is 2.45. The number of nitrogens with one attached hydrogen (secondary N) is 1. The second kappa shape index (κ2) is 4.94. The average molecular weight is 250 g/mol. The highest BCUT2D eigenvalue weighted by molar-refractivity contribution is 6.29. The summed E-state index contributed by atoms with van der Waals surface area (Å²) in [5.74, 6) is 0. The van der Waals surface area contributed by atoms with Crippen LogP contribution in [0.1, 0.15) is 28.3 Å². The van der Waals surface area contributed by atoms with Gasteiger partial charge in [-0.1, -0.05) is 29.3 Å². The van der Waals surface area contributed by atoms with Gasteiger partial charge in [-0.25, -0.2) is 0 Å². The van der Waals surface area contributed by atoms with Crippen LogP contribution >= 0.6 is 11.6 Å². The van der Waals surface area contributed by atoms with Crippen molar-refractivity contribution in [1.29, 1.82) is 0 Å². The van der Waals surface area contributed by atoms with E-state index >= 15 is 0 Å². The van der Waals surface area contributed by atoms with E-state index in [1.165, 1.54) is 16.7 Å². The quantitative estimate of drug-likeness (QED) is 0.894. The number of hydrogen-bond acceptors (Lipinski definition) is 2. The summed E-state index contributed by atoms with van der Waals surface area (Å²) >= 11 is 6.04. The molecule has 0 aliphatic heterocycles. The molecule has 17 heavy (non-hydrogen) atoms. The molecule has 2 nitrogen and oxygen atoms in total. The fourth-order valence-corrected chi connectivity index (χ4v) is 2.41. The molecule has 0 amide bonds. The zero-order chi connectivity index (χ0) is 12.4. The van der Waals surface area contributed by atoms with E-state index in [-0.39, 0.29) is 6.04 Å². The van der Waals surface area contributed by atoms with Gasteiger partial charge in [0.25, 0.3) is 0 Å². The largest absolute Gasteiger partial charge is 0.453 e. The first-order valence-corrected chi connectivity index (χ1v) is 5.98. The van der Waals surface area contributed by atoms with Gasteiger partial charge in [0, 0.05) is 5.56 Å². The summed E-state index contributed by atoms with van der Waals surface area (Å²) in [5, 5.41) is 3.72. The standard InChI is InChI=1S/C14H16ClNO/c1-9-6-10(2)8-11(7-9)13(16-3)12-4-5-17-14(12)15/h4-8,13,16H,1-3H3. The van der Waals surface area contributed by atoms with Crippen LogP contribution in [0.3, 0.4) is 0 Å². The maximum Gasteiger partial charge on any atom is 0.198 e. The summed E-state index contributed by atoms with van der Waals surface area (Å²) in [6.07, 6.45) is 1.62. The van der Waals surface area contributed by atoms with Gasteiger partial charge in [-0.3, -0.25) is 0 Å². The van der Waals surface area contributed by atoms with Gasteiger partial charge < -0.3 is 9.73 Å². The van der Waals surface area contributed by atoms with E-state index in [9.17, 15) is 0 Å². The molecule has 90 valence electrons. The van der Waals surface area contributed by atoms with Gasteiger partial charge in [-0.2, -0.15) is 0 Å². The zero-order valence-electron chi connectivity index (χ0n) is 10.3. The number of halogens is 1. The van der Waals surface area contributed by atoms with E-state index in [4.69, 9.17) is 16.0 Å². The van der Waals surface area contributed by atoms with Gasteiger partial charge in [-0.05, 0) is 44.1 Å². The highest BCUT2D eigenvalue weighted by atomic mass is 35.5. The summed E-state index contributed by atoms with van der Waals surface area (Å²) in [5.41, 5.74) is 4.67. The lowest BCUT2D eigenvalue weighted by atomic mass is 9.97. The Labute approximate surface area is 107 Å². The first kappa shape index (κ1) is 12.2. The van der Waals surface area contributed by atoms with E-state index in [1.54, 1.807) is 6.26 Å². The third kappa shape index (κ3) is 2.54. The van der Waals surface area contributed by atoms with Crippen LogP contribution in [-0.4, -0.2) is 7.05 Å². The zero-order valence-corrected chi connectivity index (χ0v) is 11.0. The first-order valence-electron chi connectivity index (χ1n) is 5.60. The van der Waals surface area contributed by atoms with E-state index in [1.807, 2.05) is 13.1 Å². The summed E-state index contributed by atoms with van der Waals surface area (Å²) < 4.78 is 5.15. The minimum Gasteiger partial charge on any atom is -0.453 e. The third-order valence-electron chi connectivity index (χ3n) is 2.82. The van der Waals surface area contributed by atoms with Crippen LogP contribution in [0.2, 0.25) is 5.22 Å². The van der Waals surface area contributed by atoms with Gasteiger partial charge >= 0.3 is 0 Å². The van der Waals surface area contributed by atoms with E-state index in [0.29, 0.717) is 5.22 Å². The van der Waals surface area contributed by atoms with Crippen molar-refractivity contribution in [2.75, 3.05) is 7.05 Å². The van der Waals surface area contributed by atoms with Crippen LogP contribution in [0.25, 0.3) is 0 Å². The maximum atomic E-state index is 6.04. The van der Waals surface area contributed by atoms with Crippen molar-refractivity contribution in [3.05, 3.63) is 58.0 Å². The molecular weight excluding hydrogens is 234 g/mol. The van der Waals surface area contributed by atoms with Gasteiger partial charge in [0.05, 0.1) is 12.3 Å². The molecule has 0 spiro atoms. The lowest BCUT2D eigenvalue weighted by Gasteiger charge is -2.17. The summed E-state index contributed by atoms with van der Waals surface area (Å²) in [6.45, 7) is 4.19. The minimum atomic E-state index is 0.0693. The molecule has 1 heterocycles. The molecule has 1 atom stereocenters. The molecule has 0 aliphatic rings. The van der Waals surface area contributed by atoms with Crippen molar-refractivity contribution in [2.45, 2.75) is 19.9 Å². The van der Waals surface area contributed by atoms with Crippen LogP contribution < -0.4 is 5.32 Å². The molecule has 0 saturated carbocycles. The van der Waals surface area contributed by atoms with Crippen LogP contribution in [-0.2, 0) is 0 Å². The second-order valence-electron chi connectivity index (χ2n) is 4.29. The Kier molecular flexibility index (Phi) is 3.55. The Morgan fingerprint density at radius 2 is 1.82 bits per heavy atom. The maximum absolute atomic E-state index is 6.04. The molecular formula is C14H16ClNO. The molecule has 0 bridgehead atoms. The summed E-state index contributed by atoms with van der Waals surface area (Å²) in [7, 11) is 1.92. The molecule has 0 fully saturated rings. The molecule has 1 aromatic carbocycles. The molecule has 3 heteroatoms. The Morgan fingerprint density at radius 1 is 1.18 bits per heavy atom. The minimum absolute atomic E-state index is 0.0693. The van der Waals surface area contributed by atoms with Crippen molar-refractivity contribution in [1.82, 2.24) is 5.32 Å². The van der Waals surface area contributed by atoms with Gasteiger partial charge in [-0.15, -0.1) is 0 Å². The Morgan fingerprint density at radius 3 is 2.29 bits per heavy atom. The topological polar surface area (TPSA) is 25.2 Å². The Bertz CT molecular complexity index is 498. The fourth-order valence-electron chi connectivity index (χ4n) is 2.19. The van der Waals surface area contributed by atoms with E-state index < -0.39 is 0 Å². The fraction of sp³-hybridized carbons (Fsp3) is 0.286. The number of rotatable bonds is 3. The molecule has 2 rings (SSSR count). The van der Waals surface area contributed by atoms with Crippen molar-refractivity contribution in [2.24, 2.45) is 0 Å². The Hall–Kier alpha value is -1.25. The number of benzene rings is 1. The highest BCUT2D eigenvalue weighted by Crippen LogP contribution is 2.29. The summed E-state index contributed by atoms with van der Waals surface area (Å²) in [4.78, 5) is 0. The predicted molar refractivity (Wildman–Crippen MR) is 70.5 cm³/mol. The second-order valence-corrected chi connectivity index (χ2v) is 4.64. The predicted octanol–water partition coefficient (Wildman–Crippen LogP) is 3.86. The molecule has 1 unspecified atom stereocenters. The van der Waals surface area contributed by atoms with Gasteiger partial charge in [0.15, 0.2) is 5.22 Å². The molecule has 0 saturated heterocycles. The number of furan rings is 1. The average Bonchev–Trinajstić information content (AvgIpc) is 2.65. The summed E-state index contributed by atoms with van der Waals surface area (Å²) in [6, 6.07) is 8.46. The smallest absolute Gasteiger partial charge is 0.198 e. The lowest BCUT2D eigenvalue weighted by Crippen LogP contribution is -2.17. The number of aryl methyl sites for hydroxylation is 2. The SMILES string of the molecule is CNC(c1cc(C)cc(C)c1)c1ccoc1Cl.